The molecule has 0 spiro atoms. The number of carbonyl (C=O) groups excluding carboxylic acids is 4. The Kier molecular flexibility index (Phi) is 35.2. The van der Waals surface area contributed by atoms with E-state index < -0.39 is 6.04 Å². The van der Waals surface area contributed by atoms with Gasteiger partial charge in [-0.2, -0.15) is 0 Å². The molecule has 0 aromatic heterocycles. The molecule has 362 valence electrons. The van der Waals surface area contributed by atoms with Crippen LogP contribution >= 0.6 is 0 Å². The molecule has 1 unspecified atom stereocenters. The number of esters is 4. The number of likely N-dealkylation sites (tertiary alicyclic amines) is 1. The summed E-state index contributed by atoms with van der Waals surface area (Å²) in [6.45, 7) is 8.58. The summed E-state index contributed by atoms with van der Waals surface area (Å²) in [5.74, 6) is -0.757. The Morgan fingerprint density at radius 3 is 1.59 bits per heavy atom. The lowest BCUT2D eigenvalue weighted by Crippen LogP contribution is -2.38. The van der Waals surface area contributed by atoms with Crippen LogP contribution in [0.4, 0.5) is 0 Å². The first-order chi connectivity index (χ1) is 30.9. The Hall–Kier alpha value is -2.94. The molecule has 63 heavy (non-hydrogen) atoms. The molecule has 0 N–H and O–H groups in total. The van der Waals surface area contributed by atoms with Gasteiger partial charge in [0.2, 0.25) is 0 Å². The van der Waals surface area contributed by atoms with Gasteiger partial charge in [-0.3, -0.25) is 24.1 Å². The number of benzene rings is 1. The van der Waals surface area contributed by atoms with Crippen molar-refractivity contribution in [3.63, 3.8) is 0 Å². The molecule has 2 rings (SSSR count). The van der Waals surface area contributed by atoms with E-state index in [-0.39, 0.29) is 42.7 Å². The molecule has 1 saturated heterocycles. The molecule has 0 aliphatic carbocycles. The Bertz CT molecular complexity index is 1260. The van der Waals surface area contributed by atoms with E-state index in [4.69, 9.17) is 18.9 Å². The van der Waals surface area contributed by atoms with Gasteiger partial charge in [-0.15, -0.1) is 0 Å². The fourth-order valence-electron chi connectivity index (χ4n) is 8.64. The molecule has 1 heterocycles. The lowest BCUT2D eigenvalue weighted by Gasteiger charge is -2.22. The van der Waals surface area contributed by atoms with Crippen molar-refractivity contribution in [2.45, 2.75) is 264 Å². The second kappa shape index (κ2) is 39.4. The monoisotopic (exact) mass is 884 g/mol. The number of hydrogen-bond donors (Lipinski definition) is 0. The fourth-order valence-corrected chi connectivity index (χ4v) is 8.64. The Morgan fingerprint density at radius 2 is 1.02 bits per heavy atom. The molecule has 0 amide bonds. The third-order valence-electron chi connectivity index (χ3n) is 12.6. The summed E-state index contributed by atoms with van der Waals surface area (Å²) in [6.07, 6.45) is 34.8. The Balaban J connectivity index is 1.69. The molecule has 1 aliphatic rings. The van der Waals surface area contributed by atoms with Gasteiger partial charge >= 0.3 is 23.9 Å². The van der Waals surface area contributed by atoms with Crippen LogP contribution in [0.1, 0.15) is 245 Å². The number of carbonyl (C=O) groups is 4. The Morgan fingerprint density at radius 1 is 0.540 bits per heavy atom. The minimum atomic E-state index is -0.483. The SMILES string of the molecule is CCCCCCCCCCCOC(=O)CCCCCN1CC(OC(=O)CCCCCCC(=O)OC(CCCCCCCC)CCCCCCCC)C[C@H]1C(=O)OCc1ccccc1. The van der Waals surface area contributed by atoms with Crippen molar-refractivity contribution >= 4 is 23.9 Å². The summed E-state index contributed by atoms with van der Waals surface area (Å²) in [4.78, 5) is 53.5. The lowest BCUT2D eigenvalue weighted by atomic mass is 10.0. The third kappa shape index (κ3) is 30.8. The van der Waals surface area contributed by atoms with Crippen LogP contribution in [0.2, 0.25) is 0 Å². The fraction of sp³-hybridized carbons (Fsp3) is 0.815. The van der Waals surface area contributed by atoms with E-state index in [1.54, 1.807) is 0 Å². The van der Waals surface area contributed by atoms with Crippen molar-refractivity contribution in [3.05, 3.63) is 35.9 Å². The quantitative estimate of drug-likeness (QED) is 0.0360. The number of hydrogen-bond acceptors (Lipinski definition) is 9. The maximum Gasteiger partial charge on any atom is 0.323 e. The van der Waals surface area contributed by atoms with Crippen LogP contribution in [0, 0.1) is 0 Å². The van der Waals surface area contributed by atoms with Crippen molar-refractivity contribution in [3.8, 4) is 0 Å². The van der Waals surface area contributed by atoms with Gasteiger partial charge in [0.1, 0.15) is 24.9 Å². The summed E-state index contributed by atoms with van der Waals surface area (Å²) in [5.41, 5.74) is 0.927. The highest BCUT2D eigenvalue weighted by Gasteiger charge is 2.39. The van der Waals surface area contributed by atoms with Crippen LogP contribution in [0.25, 0.3) is 0 Å². The Labute approximate surface area is 385 Å². The molecule has 9 heteroatoms. The largest absolute Gasteiger partial charge is 0.466 e. The zero-order chi connectivity index (χ0) is 45.4. The number of rotatable bonds is 42. The molecular formula is C54H93NO8. The minimum absolute atomic E-state index is 0.0381. The molecule has 1 fully saturated rings. The number of unbranched alkanes of at least 4 members (excludes halogenated alkanes) is 23. The minimum Gasteiger partial charge on any atom is -0.466 e. The summed E-state index contributed by atoms with van der Waals surface area (Å²) >= 11 is 0. The van der Waals surface area contributed by atoms with E-state index in [9.17, 15) is 19.2 Å². The molecule has 1 aliphatic heterocycles. The van der Waals surface area contributed by atoms with Gasteiger partial charge in [-0.05, 0) is 69.9 Å². The first-order valence-corrected chi connectivity index (χ1v) is 26.3. The van der Waals surface area contributed by atoms with Gasteiger partial charge in [-0.25, -0.2) is 0 Å². The van der Waals surface area contributed by atoms with E-state index in [0.717, 1.165) is 82.6 Å². The average Bonchev–Trinajstić information content (AvgIpc) is 3.69. The van der Waals surface area contributed by atoms with E-state index in [0.29, 0.717) is 51.8 Å². The van der Waals surface area contributed by atoms with Crippen LogP contribution in [0.15, 0.2) is 30.3 Å². The summed E-state index contributed by atoms with van der Waals surface area (Å²) < 4.78 is 23.1. The second-order valence-electron chi connectivity index (χ2n) is 18.5. The van der Waals surface area contributed by atoms with Crippen LogP contribution in [0.5, 0.6) is 0 Å². The van der Waals surface area contributed by atoms with E-state index >= 15 is 0 Å². The van der Waals surface area contributed by atoms with Gasteiger partial charge in [0.15, 0.2) is 0 Å². The highest BCUT2D eigenvalue weighted by molar-refractivity contribution is 5.76. The number of ether oxygens (including phenoxy) is 4. The molecule has 0 radical (unpaired) electrons. The van der Waals surface area contributed by atoms with Crippen molar-refractivity contribution < 1.29 is 38.1 Å². The van der Waals surface area contributed by atoms with Gasteiger partial charge in [0.05, 0.1) is 6.61 Å². The van der Waals surface area contributed by atoms with Crippen molar-refractivity contribution in [1.29, 1.82) is 0 Å². The predicted molar refractivity (Wildman–Crippen MR) is 256 cm³/mol. The van der Waals surface area contributed by atoms with Crippen LogP contribution in [-0.4, -0.2) is 66.7 Å². The topological polar surface area (TPSA) is 108 Å². The normalized spacial score (nSPS) is 15.2. The van der Waals surface area contributed by atoms with Crippen LogP contribution < -0.4 is 0 Å². The van der Waals surface area contributed by atoms with Crippen LogP contribution in [-0.2, 0) is 44.7 Å². The lowest BCUT2D eigenvalue weighted by molar-refractivity contribution is -0.152. The first kappa shape index (κ1) is 56.2. The number of nitrogens with zero attached hydrogens (tertiary/aromatic N) is 1. The molecule has 1 aromatic rings. The van der Waals surface area contributed by atoms with Gasteiger partial charge in [-0.1, -0.05) is 186 Å². The summed E-state index contributed by atoms with van der Waals surface area (Å²) in [5, 5.41) is 0. The molecular weight excluding hydrogens is 791 g/mol. The second-order valence-corrected chi connectivity index (χ2v) is 18.5. The molecule has 0 saturated carbocycles. The van der Waals surface area contributed by atoms with Crippen molar-refractivity contribution in [2.24, 2.45) is 0 Å². The maximum atomic E-state index is 13.3. The molecule has 9 nitrogen and oxygen atoms in total. The smallest absolute Gasteiger partial charge is 0.323 e. The highest BCUT2D eigenvalue weighted by atomic mass is 16.6. The predicted octanol–water partition coefficient (Wildman–Crippen LogP) is 14.1. The molecule has 0 bridgehead atoms. The van der Waals surface area contributed by atoms with E-state index in [1.807, 2.05) is 30.3 Å². The molecule has 2 atom stereocenters. The summed E-state index contributed by atoms with van der Waals surface area (Å²) in [6, 6.07) is 9.16. The van der Waals surface area contributed by atoms with Gasteiger partial charge < -0.3 is 18.9 Å². The van der Waals surface area contributed by atoms with Gasteiger partial charge in [0.25, 0.3) is 0 Å². The van der Waals surface area contributed by atoms with E-state index in [1.165, 1.54) is 109 Å². The zero-order valence-electron chi connectivity index (χ0n) is 40.7. The standard InChI is InChI=1S/C54H93NO8/c1-4-7-10-13-16-17-18-23-34-43-60-51(56)39-32-25-33-42-55-45-49(44-50(55)54(59)61-46-47-35-26-24-27-36-47)63-53(58)41-31-22-21-30-40-52(57)62-48(37-28-19-14-11-8-5-2)38-29-20-15-12-9-6-3/h24,26-27,35-36,48-50H,4-23,25,28-34,37-46H2,1-3H3/t49?,50-/m0/s1. The maximum absolute atomic E-state index is 13.3. The van der Waals surface area contributed by atoms with Crippen LogP contribution in [0.3, 0.4) is 0 Å². The van der Waals surface area contributed by atoms with E-state index in [2.05, 4.69) is 25.7 Å². The molecule has 1 aromatic carbocycles. The van der Waals surface area contributed by atoms with Gasteiger partial charge in [0, 0.05) is 32.2 Å². The zero-order valence-corrected chi connectivity index (χ0v) is 40.7. The van der Waals surface area contributed by atoms with Crippen molar-refractivity contribution in [1.82, 2.24) is 4.90 Å². The summed E-state index contributed by atoms with van der Waals surface area (Å²) in [7, 11) is 0. The first-order valence-electron chi connectivity index (χ1n) is 26.3. The third-order valence-corrected chi connectivity index (χ3v) is 12.6. The average molecular weight is 884 g/mol. The highest BCUT2D eigenvalue weighted by Crippen LogP contribution is 2.24. The van der Waals surface area contributed by atoms with Crippen molar-refractivity contribution in [2.75, 3.05) is 19.7 Å².